The number of rotatable bonds is 8. The van der Waals surface area contributed by atoms with Crippen LogP contribution in [0.3, 0.4) is 0 Å². The first-order chi connectivity index (χ1) is 9.61. The van der Waals surface area contributed by atoms with Gasteiger partial charge < -0.3 is 10.2 Å². The molecule has 0 spiro atoms. The molecule has 0 aliphatic heterocycles. The maximum atomic E-state index is 9.52. The lowest BCUT2D eigenvalue weighted by Crippen LogP contribution is -2.46. The predicted octanol–water partition coefficient (Wildman–Crippen LogP) is 3.17. The molecule has 3 nitrogen and oxygen atoms in total. The van der Waals surface area contributed by atoms with Crippen molar-refractivity contribution < 1.29 is 0 Å². The van der Waals surface area contributed by atoms with Crippen molar-refractivity contribution in [3.05, 3.63) is 0 Å². The summed E-state index contributed by atoms with van der Waals surface area (Å²) in [5.74, 6) is 1.33. The van der Waals surface area contributed by atoms with Crippen LogP contribution >= 0.6 is 0 Å². The summed E-state index contributed by atoms with van der Waals surface area (Å²) >= 11 is 0. The van der Waals surface area contributed by atoms with Gasteiger partial charge in [0.1, 0.15) is 5.54 Å². The third-order valence-corrected chi connectivity index (χ3v) is 5.29. The topological polar surface area (TPSA) is 39.1 Å². The van der Waals surface area contributed by atoms with Crippen molar-refractivity contribution in [1.82, 2.24) is 10.2 Å². The summed E-state index contributed by atoms with van der Waals surface area (Å²) in [6, 6.07) is 3.41. The van der Waals surface area contributed by atoms with E-state index in [9.17, 15) is 5.26 Å². The van der Waals surface area contributed by atoms with Gasteiger partial charge in [0, 0.05) is 6.04 Å². The van der Waals surface area contributed by atoms with Crippen molar-refractivity contribution in [1.29, 1.82) is 5.26 Å². The van der Waals surface area contributed by atoms with Crippen molar-refractivity contribution in [2.75, 3.05) is 20.1 Å². The minimum Gasteiger partial charge on any atom is -0.302 e. The van der Waals surface area contributed by atoms with Crippen molar-refractivity contribution >= 4 is 0 Å². The normalized spacial score (nSPS) is 30.1. The van der Waals surface area contributed by atoms with E-state index in [1.54, 1.807) is 0 Å². The van der Waals surface area contributed by atoms with Gasteiger partial charge in [0.05, 0.1) is 6.07 Å². The summed E-state index contributed by atoms with van der Waals surface area (Å²) in [6.07, 6.45) is 8.71. The predicted molar refractivity (Wildman–Crippen MR) is 83.4 cm³/mol. The Morgan fingerprint density at radius 3 is 2.60 bits per heavy atom. The Hall–Kier alpha value is -0.590. The van der Waals surface area contributed by atoms with Crippen molar-refractivity contribution in [2.45, 2.75) is 70.4 Å². The highest BCUT2D eigenvalue weighted by atomic mass is 15.2. The largest absolute Gasteiger partial charge is 0.302 e. The molecule has 2 rings (SSSR count). The second-order valence-corrected chi connectivity index (χ2v) is 7.16. The molecule has 0 heterocycles. The fourth-order valence-electron chi connectivity index (χ4n) is 3.66. The van der Waals surface area contributed by atoms with E-state index >= 15 is 0 Å². The zero-order valence-electron chi connectivity index (χ0n) is 13.5. The standard InChI is InChI=1S/C17H31N3/c1-14(2)8-11-20(16-6-7-16)12-9-15-5-4-10-17(15,13-18)19-3/h14-16,19H,4-12H2,1-3H3. The van der Waals surface area contributed by atoms with Gasteiger partial charge in [0.2, 0.25) is 0 Å². The lowest BCUT2D eigenvalue weighted by Gasteiger charge is -2.31. The van der Waals surface area contributed by atoms with Crippen molar-refractivity contribution in [3.63, 3.8) is 0 Å². The van der Waals surface area contributed by atoms with Crippen LogP contribution in [0.5, 0.6) is 0 Å². The average molecular weight is 277 g/mol. The Morgan fingerprint density at radius 1 is 1.30 bits per heavy atom. The summed E-state index contributed by atoms with van der Waals surface area (Å²) in [7, 11) is 1.96. The van der Waals surface area contributed by atoms with Gasteiger partial charge in [-0.1, -0.05) is 20.3 Å². The summed E-state index contributed by atoms with van der Waals surface area (Å²) in [5.41, 5.74) is -0.243. The van der Waals surface area contributed by atoms with Crippen LogP contribution < -0.4 is 5.32 Å². The Kier molecular flexibility index (Phi) is 5.46. The van der Waals surface area contributed by atoms with Crippen LogP contribution in [0.1, 0.15) is 58.8 Å². The molecule has 0 saturated heterocycles. The average Bonchev–Trinajstić information content (AvgIpc) is 3.19. The maximum Gasteiger partial charge on any atom is 0.109 e. The van der Waals surface area contributed by atoms with E-state index in [1.807, 2.05) is 7.05 Å². The molecule has 0 aromatic carbocycles. The summed E-state index contributed by atoms with van der Waals surface area (Å²) in [6.45, 7) is 7.05. The Balaban J connectivity index is 1.84. The van der Waals surface area contributed by atoms with E-state index in [4.69, 9.17) is 0 Å². The molecule has 2 unspecified atom stereocenters. The highest BCUT2D eigenvalue weighted by Crippen LogP contribution is 2.38. The first kappa shape index (κ1) is 15.8. The molecule has 2 saturated carbocycles. The molecule has 0 bridgehead atoms. The van der Waals surface area contributed by atoms with E-state index in [-0.39, 0.29) is 5.54 Å². The van der Waals surface area contributed by atoms with Gasteiger partial charge in [-0.15, -0.1) is 0 Å². The van der Waals surface area contributed by atoms with Crippen molar-refractivity contribution in [2.24, 2.45) is 11.8 Å². The number of hydrogen-bond donors (Lipinski definition) is 1. The van der Waals surface area contributed by atoms with Crippen LogP contribution in [0.4, 0.5) is 0 Å². The second-order valence-electron chi connectivity index (χ2n) is 7.16. The molecule has 0 amide bonds. The molecule has 2 aliphatic carbocycles. The minimum atomic E-state index is -0.243. The molecular formula is C17H31N3. The quantitative estimate of drug-likeness (QED) is 0.740. The summed E-state index contributed by atoms with van der Waals surface area (Å²) in [4.78, 5) is 2.69. The second kappa shape index (κ2) is 6.91. The molecule has 0 radical (unpaired) electrons. The van der Waals surface area contributed by atoms with Crippen LogP contribution in [0.2, 0.25) is 0 Å². The van der Waals surface area contributed by atoms with Crippen LogP contribution in [-0.4, -0.2) is 36.6 Å². The van der Waals surface area contributed by atoms with E-state index in [2.05, 4.69) is 30.1 Å². The fourth-order valence-corrected chi connectivity index (χ4v) is 3.66. The van der Waals surface area contributed by atoms with Gasteiger partial charge in [0.25, 0.3) is 0 Å². The number of hydrogen-bond acceptors (Lipinski definition) is 3. The van der Waals surface area contributed by atoms with Gasteiger partial charge in [-0.25, -0.2) is 0 Å². The minimum absolute atomic E-state index is 0.243. The first-order valence-electron chi connectivity index (χ1n) is 8.45. The van der Waals surface area contributed by atoms with Gasteiger partial charge in [0.15, 0.2) is 0 Å². The smallest absolute Gasteiger partial charge is 0.109 e. The molecule has 2 fully saturated rings. The molecule has 2 atom stereocenters. The highest BCUT2D eigenvalue weighted by molar-refractivity contribution is 5.13. The molecule has 0 aromatic heterocycles. The highest BCUT2D eigenvalue weighted by Gasteiger charge is 2.42. The third kappa shape index (κ3) is 3.74. The summed E-state index contributed by atoms with van der Waals surface area (Å²) < 4.78 is 0. The fraction of sp³-hybridized carbons (Fsp3) is 0.941. The maximum absolute atomic E-state index is 9.52. The number of nitriles is 1. The zero-order valence-corrected chi connectivity index (χ0v) is 13.5. The van der Waals surface area contributed by atoms with Gasteiger partial charge >= 0.3 is 0 Å². The number of nitrogens with zero attached hydrogens (tertiary/aromatic N) is 2. The summed E-state index contributed by atoms with van der Waals surface area (Å²) in [5, 5.41) is 12.8. The van der Waals surface area contributed by atoms with E-state index in [1.165, 1.54) is 51.6 Å². The van der Waals surface area contributed by atoms with Crippen molar-refractivity contribution in [3.8, 4) is 6.07 Å². The van der Waals surface area contributed by atoms with Crippen LogP contribution in [0, 0.1) is 23.2 Å². The van der Waals surface area contributed by atoms with E-state index in [0.717, 1.165) is 18.4 Å². The van der Waals surface area contributed by atoms with Crippen LogP contribution in [0.15, 0.2) is 0 Å². The van der Waals surface area contributed by atoms with E-state index in [0.29, 0.717) is 5.92 Å². The lowest BCUT2D eigenvalue weighted by atomic mass is 9.86. The molecule has 114 valence electrons. The monoisotopic (exact) mass is 277 g/mol. The molecule has 1 N–H and O–H groups in total. The molecule has 20 heavy (non-hydrogen) atoms. The molecule has 2 aliphatic rings. The Bertz CT molecular complexity index is 343. The first-order valence-corrected chi connectivity index (χ1v) is 8.45. The number of nitrogens with one attached hydrogen (secondary N) is 1. The van der Waals surface area contributed by atoms with E-state index < -0.39 is 0 Å². The van der Waals surface area contributed by atoms with Gasteiger partial charge in [-0.3, -0.25) is 0 Å². The molecular weight excluding hydrogens is 246 g/mol. The lowest BCUT2D eigenvalue weighted by molar-refractivity contribution is 0.210. The zero-order chi connectivity index (χ0) is 14.6. The van der Waals surface area contributed by atoms with Crippen LogP contribution in [-0.2, 0) is 0 Å². The molecule has 3 heteroatoms. The SMILES string of the molecule is CNC1(C#N)CCCC1CCN(CCC(C)C)C1CC1. The Morgan fingerprint density at radius 2 is 2.05 bits per heavy atom. The Labute approximate surface area is 124 Å². The van der Waals surface area contributed by atoms with Gasteiger partial charge in [-0.2, -0.15) is 5.26 Å². The third-order valence-electron chi connectivity index (χ3n) is 5.29. The molecule has 0 aromatic rings. The van der Waals surface area contributed by atoms with Gasteiger partial charge in [-0.05, 0) is 70.5 Å². The van der Waals surface area contributed by atoms with Crippen LogP contribution in [0.25, 0.3) is 0 Å².